The maximum atomic E-state index is 12.3. The second-order valence-electron chi connectivity index (χ2n) is 5.52. The van der Waals surface area contributed by atoms with Gasteiger partial charge in [0.1, 0.15) is 0 Å². The van der Waals surface area contributed by atoms with Crippen LogP contribution in [0.15, 0.2) is 24.3 Å². The summed E-state index contributed by atoms with van der Waals surface area (Å²) in [6.45, 7) is 4.43. The van der Waals surface area contributed by atoms with Gasteiger partial charge in [0, 0.05) is 6.54 Å². The summed E-state index contributed by atoms with van der Waals surface area (Å²) in [6, 6.07) is 8.13. The number of hydrogen-bond donors (Lipinski definition) is 2. The number of aliphatic hydroxyl groups is 2. The summed E-state index contributed by atoms with van der Waals surface area (Å²) in [6.07, 6.45) is -0.0918. The summed E-state index contributed by atoms with van der Waals surface area (Å²) >= 11 is 0. The molecule has 20 heavy (non-hydrogen) atoms. The Morgan fingerprint density at radius 1 is 1.45 bits per heavy atom. The molecule has 1 heterocycles. The van der Waals surface area contributed by atoms with Gasteiger partial charge in [0.05, 0.1) is 12.1 Å². The van der Waals surface area contributed by atoms with Crippen molar-refractivity contribution < 1.29 is 15.0 Å². The third-order valence-electron chi connectivity index (χ3n) is 4.00. The molecule has 4 nitrogen and oxygen atoms in total. The Morgan fingerprint density at radius 2 is 2.20 bits per heavy atom. The van der Waals surface area contributed by atoms with Gasteiger partial charge in [-0.1, -0.05) is 36.8 Å². The molecule has 0 bridgehead atoms. The smallest absolute Gasteiger partial charge is 0.254 e. The first-order valence-corrected chi connectivity index (χ1v) is 7.27. The number of nitrogens with zero attached hydrogens (tertiary/aromatic N) is 1. The van der Waals surface area contributed by atoms with Crippen molar-refractivity contribution >= 4 is 5.91 Å². The summed E-state index contributed by atoms with van der Waals surface area (Å²) in [5.41, 5.74) is 2.27. The highest BCUT2D eigenvalue weighted by Gasteiger charge is 2.35. The molecular formula is C16H23NO3. The van der Waals surface area contributed by atoms with Crippen LogP contribution in [0.3, 0.4) is 0 Å². The molecule has 0 aliphatic carbocycles. The number of likely N-dealkylation sites (tertiary alicyclic amines) is 1. The number of rotatable bonds is 4. The van der Waals surface area contributed by atoms with Gasteiger partial charge >= 0.3 is 0 Å². The molecule has 2 rings (SSSR count). The minimum Gasteiger partial charge on any atom is -0.390 e. The summed E-state index contributed by atoms with van der Waals surface area (Å²) in [5, 5.41) is 19.6. The molecule has 1 aliphatic heterocycles. The van der Waals surface area contributed by atoms with Crippen LogP contribution in [0.2, 0.25) is 0 Å². The number of aryl methyl sites for hydroxylation is 1. The third-order valence-corrected chi connectivity index (χ3v) is 4.00. The topological polar surface area (TPSA) is 60.8 Å². The fraction of sp³-hybridized carbons (Fsp3) is 0.562. The van der Waals surface area contributed by atoms with Gasteiger partial charge < -0.3 is 15.1 Å². The van der Waals surface area contributed by atoms with Crippen molar-refractivity contribution in [3.8, 4) is 0 Å². The highest BCUT2D eigenvalue weighted by atomic mass is 16.3. The third kappa shape index (κ3) is 3.02. The number of hydrogen-bond acceptors (Lipinski definition) is 3. The lowest BCUT2D eigenvalue weighted by Gasteiger charge is -2.28. The van der Waals surface area contributed by atoms with Crippen LogP contribution in [-0.2, 0) is 4.79 Å². The van der Waals surface area contributed by atoms with Crippen molar-refractivity contribution in [1.29, 1.82) is 0 Å². The molecule has 3 atom stereocenters. The average molecular weight is 277 g/mol. The van der Waals surface area contributed by atoms with Gasteiger partial charge in [0.2, 0.25) is 0 Å². The minimum atomic E-state index is -1.31. The average Bonchev–Trinajstić information content (AvgIpc) is 2.94. The molecule has 0 aromatic heterocycles. The van der Waals surface area contributed by atoms with Gasteiger partial charge in [-0.15, -0.1) is 0 Å². The van der Waals surface area contributed by atoms with Gasteiger partial charge in [-0.2, -0.15) is 0 Å². The van der Waals surface area contributed by atoms with Crippen molar-refractivity contribution in [3.63, 3.8) is 0 Å². The lowest BCUT2D eigenvalue weighted by molar-refractivity contribution is -0.147. The maximum Gasteiger partial charge on any atom is 0.254 e. The van der Waals surface area contributed by atoms with E-state index in [1.165, 1.54) is 0 Å². The Morgan fingerprint density at radius 3 is 2.85 bits per heavy atom. The lowest BCUT2D eigenvalue weighted by atomic mass is 10.0. The van der Waals surface area contributed by atoms with Crippen LogP contribution in [-0.4, -0.2) is 39.8 Å². The molecule has 0 spiro atoms. The van der Waals surface area contributed by atoms with E-state index in [4.69, 9.17) is 0 Å². The first kappa shape index (κ1) is 15.0. The quantitative estimate of drug-likeness (QED) is 0.882. The van der Waals surface area contributed by atoms with Gasteiger partial charge in [-0.25, -0.2) is 0 Å². The van der Waals surface area contributed by atoms with E-state index in [0.29, 0.717) is 13.0 Å². The first-order chi connectivity index (χ1) is 9.54. The predicted octanol–water partition coefficient (Wildman–Crippen LogP) is 1.79. The molecule has 1 aliphatic rings. The highest BCUT2D eigenvalue weighted by Crippen LogP contribution is 2.33. The standard InChI is InChI=1S/C16H23NO3/c1-3-14(18)15(19)16(20)17-9-5-8-13(17)12-7-4-6-11(2)10-12/h4,6-7,10,13-15,18-19H,3,5,8-9H2,1-2H3. The Balaban J connectivity index is 2.17. The predicted molar refractivity (Wildman–Crippen MR) is 77.2 cm³/mol. The van der Waals surface area contributed by atoms with Crippen LogP contribution in [0.25, 0.3) is 0 Å². The molecule has 1 aromatic carbocycles. The van der Waals surface area contributed by atoms with Crippen molar-refractivity contribution in [2.24, 2.45) is 0 Å². The molecule has 4 heteroatoms. The number of benzene rings is 1. The molecule has 1 fully saturated rings. The molecule has 110 valence electrons. The van der Waals surface area contributed by atoms with E-state index in [9.17, 15) is 15.0 Å². The monoisotopic (exact) mass is 277 g/mol. The van der Waals surface area contributed by atoms with E-state index in [-0.39, 0.29) is 11.9 Å². The minimum absolute atomic E-state index is 0.0149. The van der Waals surface area contributed by atoms with Gasteiger partial charge in [-0.3, -0.25) is 4.79 Å². The van der Waals surface area contributed by atoms with Crippen LogP contribution in [0.4, 0.5) is 0 Å². The molecule has 0 saturated carbocycles. The van der Waals surface area contributed by atoms with E-state index in [1.54, 1.807) is 11.8 Å². The molecule has 3 unspecified atom stereocenters. The van der Waals surface area contributed by atoms with Gasteiger partial charge in [-0.05, 0) is 31.7 Å². The first-order valence-electron chi connectivity index (χ1n) is 7.27. The van der Waals surface area contributed by atoms with E-state index < -0.39 is 12.2 Å². The zero-order valence-corrected chi connectivity index (χ0v) is 12.1. The Labute approximate surface area is 120 Å². The lowest BCUT2D eigenvalue weighted by Crippen LogP contribution is -2.44. The zero-order valence-electron chi connectivity index (χ0n) is 12.1. The molecule has 1 amide bonds. The van der Waals surface area contributed by atoms with Gasteiger partial charge in [0.25, 0.3) is 5.91 Å². The van der Waals surface area contributed by atoms with E-state index in [0.717, 1.165) is 24.0 Å². The number of carbonyl (C=O) groups is 1. The van der Waals surface area contributed by atoms with Crippen molar-refractivity contribution in [2.75, 3.05) is 6.54 Å². The van der Waals surface area contributed by atoms with Gasteiger partial charge in [0.15, 0.2) is 6.10 Å². The normalized spacial score (nSPS) is 21.8. The summed E-state index contributed by atoms with van der Waals surface area (Å²) in [5.74, 6) is -0.358. The fourth-order valence-corrected chi connectivity index (χ4v) is 2.81. The highest BCUT2D eigenvalue weighted by molar-refractivity contribution is 5.82. The van der Waals surface area contributed by atoms with Crippen molar-refractivity contribution in [3.05, 3.63) is 35.4 Å². The second kappa shape index (κ2) is 6.37. The number of amides is 1. The van der Waals surface area contributed by atoms with E-state index in [1.807, 2.05) is 25.1 Å². The zero-order chi connectivity index (χ0) is 14.7. The van der Waals surface area contributed by atoms with Crippen molar-refractivity contribution in [1.82, 2.24) is 4.90 Å². The van der Waals surface area contributed by atoms with Crippen LogP contribution in [0.5, 0.6) is 0 Å². The molecule has 0 radical (unpaired) electrons. The summed E-state index contributed by atoms with van der Waals surface area (Å²) in [7, 11) is 0. The Hall–Kier alpha value is -1.39. The number of aliphatic hydroxyl groups excluding tert-OH is 2. The summed E-state index contributed by atoms with van der Waals surface area (Å²) in [4.78, 5) is 14.0. The molecule has 2 N–H and O–H groups in total. The molecule has 1 aromatic rings. The van der Waals surface area contributed by atoms with E-state index >= 15 is 0 Å². The summed E-state index contributed by atoms with van der Waals surface area (Å²) < 4.78 is 0. The molecular weight excluding hydrogens is 254 g/mol. The van der Waals surface area contributed by atoms with E-state index in [2.05, 4.69) is 6.07 Å². The Bertz CT molecular complexity index is 475. The second-order valence-corrected chi connectivity index (χ2v) is 5.52. The maximum absolute atomic E-state index is 12.3. The SMILES string of the molecule is CCC(O)C(O)C(=O)N1CCCC1c1cccc(C)c1. The Kier molecular flexibility index (Phi) is 4.78. The molecule has 1 saturated heterocycles. The van der Waals surface area contributed by atoms with Crippen LogP contribution in [0.1, 0.15) is 43.4 Å². The largest absolute Gasteiger partial charge is 0.390 e. The van der Waals surface area contributed by atoms with Crippen LogP contribution >= 0.6 is 0 Å². The fourth-order valence-electron chi connectivity index (χ4n) is 2.81. The van der Waals surface area contributed by atoms with Crippen LogP contribution in [0, 0.1) is 6.92 Å². The van der Waals surface area contributed by atoms with Crippen LogP contribution < -0.4 is 0 Å². The van der Waals surface area contributed by atoms with Crippen molar-refractivity contribution in [2.45, 2.75) is 51.4 Å². The number of carbonyl (C=O) groups excluding carboxylic acids is 1.